The predicted octanol–water partition coefficient (Wildman–Crippen LogP) is 1.74. The molecule has 1 aliphatic heterocycles. The molecule has 3 nitrogen and oxygen atoms in total. The molecule has 5 heteroatoms. The summed E-state index contributed by atoms with van der Waals surface area (Å²) in [5.74, 6) is -2.04. The molecule has 1 aliphatic rings. The van der Waals surface area contributed by atoms with E-state index in [2.05, 4.69) is 0 Å². The third-order valence-corrected chi connectivity index (χ3v) is 3.64. The maximum Gasteiger partial charge on any atom is 0.227 e. The lowest BCUT2D eigenvalue weighted by atomic mass is 9.95. The van der Waals surface area contributed by atoms with Crippen LogP contribution in [0, 0.1) is 17.6 Å². The number of carbonyl (C=O) groups excluding carboxylic acids is 1. The predicted molar refractivity (Wildman–Crippen MR) is 66.4 cm³/mol. The van der Waals surface area contributed by atoms with E-state index in [0.29, 0.717) is 6.54 Å². The molecule has 0 aliphatic carbocycles. The second-order valence-corrected chi connectivity index (χ2v) is 5.06. The van der Waals surface area contributed by atoms with E-state index in [1.165, 1.54) is 17.0 Å². The van der Waals surface area contributed by atoms with Crippen LogP contribution in [0.2, 0.25) is 0 Å². The molecule has 2 unspecified atom stereocenters. The summed E-state index contributed by atoms with van der Waals surface area (Å²) < 4.78 is 26.5. The number of hydrogen-bond donors (Lipinski definition) is 1. The molecule has 0 bridgehead atoms. The summed E-state index contributed by atoms with van der Waals surface area (Å²) in [5, 5.41) is 9.73. The van der Waals surface area contributed by atoms with Crippen molar-refractivity contribution in [2.24, 2.45) is 5.92 Å². The van der Waals surface area contributed by atoms with Gasteiger partial charge in [0.15, 0.2) is 11.6 Å². The van der Waals surface area contributed by atoms with Crippen molar-refractivity contribution in [3.63, 3.8) is 0 Å². The average molecular weight is 269 g/mol. The minimum atomic E-state index is -0.971. The quantitative estimate of drug-likeness (QED) is 0.888. The highest BCUT2D eigenvalue weighted by atomic mass is 19.2. The lowest BCUT2D eigenvalue weighted by molar-refractivity contribution is -0.134. The molecule has 104 valence electrons. The largest absolute Gasteiger partial charge is 0.391 e. The molecule has 0 spiro atoms. The Hall–Kier alpha value is -1.49. The van der Waals surface area contributed by atoms with Gasteiger partial charge in [-0.25, -0.2) is 8.78 Å². The van der Waals surface area contributed by atoms with E-state index in [-0.39, 0.29) is 30.4 Å². The van der Waals surface area contributed by atoms with Crippen molar-refractivity contribution in [1.29, 1.82) is 0 Å². The monoisotopic (exact) mass is 269 g/mol. The Morgan fingerprint density at radius 1 is 1.47 bits per heavy atom. The SMILES string of the molecule is CC1CCN(C(=O)Cc2cccc(F)c2F)CC1O. The first kappa shape index (κ1) is 13.9. The number of carbonyl (C=O) groups is 1. The molecule has 0 aromatic heterocycles. The highest BCUT2D eigenvalue weighted by Gasteiger charge is 2.27. The highest BCUT2D eigenvalue weighted by Crippen LogP contribution is 2.19. The fourth-order valence-corrected chi connectivity index (χ4v) is 2.24. The van der Waals surface area contributed by atoms with Gasteiger partial charge in [0.05, 0.1) is 12.5 Å². The summed E-state index contributed by atoms with van der Waals surface area (Å²) in [5.41, 5.74) is 0.0538. The van der Waals surface area contributed by atoms with Crippen LogP contribution in [0.4, 0.5) is 8.78 Å². The number of rotatable bonds is 2. The zero-order chi connectivity index (χ0) is 14.0. The molecule has 0 saturated carbocycles. The Morgan fingerprint density at radius 3 is 2.89 bits per heavy atom. The van der Waals surface area contributed by atoms with E-state index in [0.717, 1.165) is 12.5 Å². The number of nitrogens with zero attached hydrogens (tertiary/aromatic N) is 1. The lowest BCUT2D eigenvalue weighted by Crippen LogP contribution is -2.46. The number of likely N-dealkylation sites (tertiary alicyclic amines) is 1. The van der Waals surface area contributed by atoms with Crippen molar-refractivity contribution in [3.05, 3.63) is 35.4 Å². The number of aliphatic hydroxyl groups is 1. The summed E-state index contributed by atoms with van der Waals surface area (Å²) in [6.45, 7) is 2.74. The minimum absolute atomic E-state index is 0.0538. The number of piperidine rings is 1. The van der Waals surface area contributed by atoms with Crippen molar-refractivity contribution in [2.45, 2.75) is 25.9 Å². The molecule has 2 atom stereocenters. The number of benzene rings is 1. The molecule has 1 amide bonds. The Morgan fingerprint density at radius 2 is 2.21 bits per heavy atom. The molecular weight excluding hydrogens is 252 g/mol. The molecule has 1 heterocycles. The van der Waals surface area contributed by atoms with Crippen LogP contribution in [0.25, 0.3) is 0 Å². The fourth-order valence-electron chi connectivity index (χ4n) is 2.24. The van der Waals surface area contributed by atoms with E-state index in [4.69, 9.17) is 0 Å². The highest BCUT2D eigenvalue weighted by molar-refractivity contribution is 5.79. The van der Waals surface area contributed by atoms with E-state index in [9.17, 15) is 18.7 Å². The summed E-state index contributed by atoms with van der Waals surface area (Å²) in [4.78, 5) is 13.5. The van der Waals surface area contributed by atoms with Crippen LogP contribution in [0.15, 0.2) is 18.2 Å². The molecular formula is C14H17F2NO2. The van der Waals surface area contributed by atoms with Crippen LogP contribution >= 0.6 is 0 Å². The second kappa shape index (κ2) is 5.65. The summed E-state index contributed by atoms with van der Waals surface area (Å²) in [7, 11) is 0. The normalized spacial score (nSPS) is 23.5. The van der Waals surface area contributed by atoms with Gasteiger partial charge in [-0.1, -0.05) is 19.1 Å². The molecule has 1 aromatic carbocycles. The van der Waals surface area contributed by atoms with Gasteiger partial charge >= 0.3 is 0 Å². The van der Waals surface area contributed by atoms with Gasteiger partial charge in [-0.05, 0) is 18.4 Å². The number of aliphatic hydroxyl groups excluding tert-OH is 1. The molecule has 1 saturated heterocycles. The average Bonchev–Trinajstić information content (AvgIpc) is 2.38. The molecule has 19 heavy (non-hydrogen) atoms. The van der Waals surface area contributed by atoms with Crippen molar-refractivity contribution >= 4 is 5.91 Å². The van der Waals surface area contributed by atoms with Gasteiger partial charge in [-0.15, -0.1) is 0 Å². The number of halogens is 2. The van der Waals surface area contributed by atoms with Crippen LogP contribution in [0.5, 0.6) is 0 Å². The second-order valence-electron chi connectivity index (χ2n) is 5.06. The van der Waals surface area contributed by atoms with Crippen LogP contribution in [-0.2, 0) is 11.2 Å². The summed E-state index contributed by atoms with van der Waals surface area (Å²) >= 11 is 0. The zero-order valence-electron chi connectivity index (χ0n) is 10.8. The standard InChI is InChI=1S/C14H17F2NO2/c1-9-5-6-17(8-12(9)18)13(19)7-10-3-2-4-11(15)14(10)16/h2-4,9,12,18H,5-8H2,1H3. The topological polar surface area (TPSA) is 40.5 Å². The molecule has 1 aromatic rings. The molecule has 2 rings (SSSR count). The van der Waals surface area contributed by atoms with Gasteiger partial charge in [0.25, 0.3) is 0 Å². The molecule has 1 fully saturated rings. The number of β-amino-alcohol motifs (C(OH)–C–C–N with tert-alkyl or cyclic N) is 1. The van der Waals surface area contributed by atoms with E-state index < -0.39 is 17.7 Å². The Kier molecular flexibility index (Phi) is 4.14. The lowest BCUT2D eigenvalue weighted by Gasteiger charge is -2.34. The van der Waals surface area contributed by atoms with Gasteiger partial charge < -0.3 is 10.0 Å². The van der Waals surface area contributed by atoms with Crippen molar-refractivity contribution in [2.75, 3.05) is 13.1 Å². The Bertz CT molecular complexity index is 479. The van der Waals surface area contributed by atoms with Crippen molar-refractivity contribution in [1.82, 2.24) is 4.90 Å². The van der Waals surface area contributed by atoms with Gasteiger partial charge in [0.1, 0.15) is 0 Å². The fraction of sp³-hybridized carbons (Fsp3) is 0.500. The minimum Gasteiger partial charge on any atom is -0.391 e. The molecule has 0 radical (unpaired) electrons. The van der Waals surface area contributed by atoms with Gasteiger partial charge in [-0.2, -0.15) is 0 Å². The maximum atomic E-state index is 13.5. The first-order chi connectivity index (χ1) is 8.99. The van der Waals surface area contributed by atoms with Crippen LogP contribution < -0.4 is 0 Å². The van der Waals surface area contributed by atoms with Gasteiger partial charge in [0.2, 0.25) is 5.91 Å². The number of amides is 1. The summed E-state index contributed by atoms with van der Waals surface area (Å²) in [6.07, 6.45) is -0.00137. The maximum absolute atomic E-state index is 13.5. The van der Waals surface area contributed by atoms with Crippen molar-refractivity contribution < 1.29 is 18.7 Å². The molecule has 1 N–H and O–H groups in total. The smallest absolute Gasteiger partial charge is 0.227 e. The Balaban J connectivity index is 2.03. The van der Waals surface area contributed by atoms with E-state index >= 15 is 0 Å². The van der Waals surface area contributed by atoms with Gasteiger partial charge in [0, 0.05) is 18.7 Å². The van der Waals surface area contributed by atoms with Crippen LogP contribution in [-0.4, -0.2) is 35.1 Å². The van der Waals surface area contributed by atoms with E-state index in [1.807, 2.05) is 6.92 Å². The summed E-state index contributed by atoms with van der Waals surface area (Å²) in [6, 6.07) is 3.81. The first-order valence-electron chi connectivity index (χ1n) is 6.37. The Labute approximate surface area is 110 Å². The third-order valence-electron chi connectivity index (χ3n) is 3.64. The van der Waals surface area contributed by atoms with Crippen LogP contribution in [0.1, 0.15) is 18.9 Å². The number of hydrogen-bond acceptors (Lipinski definition) is 2. The first-order valence-corrected chi connectivity index (χ1v) is 6.37. The third kappa shape index (κ3) is 3.10. The van der Waals surface area contributed by atoms with E-state index in [1.54, 1.807) is 0 Å². The van der Waals surface area contributed by atoms with Gasteiger partial charge in [-0.3, -0.25) is 4.79 Å². The van der Waals surface area contributed by atoms with Crippen molar-refractivity contribution in [3.8, 4) is 0 Å². The zero-order valence-corrected chi connectivity index (χ0v) is 10.8. The van der Waals surface area contributed by atoms with Crippen LogP contribution in [0.3, 0.4) is 0 Å².